The van der Waals surface area contributed by atoms with E-state index in [1.807, 2.05) is 0 Å². The first-order valence-corrected chi connectivity index (χ1v) is 6.35. The van der Waals surface area contributed by atoms with Gasteiger partial charge in [0.1, 0.15) is 11.7 Å². The number of hydrogen-bond acceptors (Lipinski definition) is 2. The van der Waals surface area contributed by atoms with Gasteiger partial charge in [0, 0.05) is 6.20 Å². The Morgan fingerprint density at radius 2 is 2.06 bits per heavy atom. The van der Waals surface area contributed by atoms with Gasteiger partial charge in [-0.2, -0.15) is 0 Å². The lowest BCUT2D eigenvalue weighted by Crippen LogP contribution is -2.46. The van der Waals surface area contributed by atoms with Crippen LogP contribution in [-0.4, -0.2) is 28.0 Å². The van der Waals surface area contributed by atoms with Gasteiger partial charge in [-0.3, -0.25) is 4.79 Å². The number of H-pyrrole nitrogens is 1. The highest BCUT2D eigenvalue weighted by atomic mass is 16.4. The number of hydrogen-bond donors (Lipinski definition) is 3. The molecule has 0 aromatic carbocycles. The molecule has 1 atom stereocenters. The second kappa shape index (κ2) is 5.71. The maximum Gasteiger partial charge on any atom is 0.326 e. The zero-order chi connectivity index (χ0) is 13.0. The van der Waals surface area contributed by atoms with Gasteiger partial charge in [-0.05, 0) is 30.9 Å². The largest absolute Gasteiger partial charge is 0.480 e. The summed E-state index contributed by atoms with van der Waals surface area (Å²) in [7, 11) is 0. The van der Waals surface area contributed by atoms with E-state index >= 15 is 0 Å². The standard InChI is InChI=1S/C13H18N2O3/c16-12(10-7-4-8-14-10)15-11(13(17)18)9-5-2-1-3-6-9/h4,7-9,11,14H,1-3,5-6H2,(H,15,16)(H,17,18). The zero-order valence-electron chi connectivity index (χ0n) is 10.2. The molecule has 98 valence electrons. The van der Waals surface area contributed by atoms with E-state index in [1.54, 1.807) is 18.3 Å². The predicted octanol–water partition coefficient (Wildman–Crippen LogP) is 1.78. The van der Waals surface area contributed by atoms with Crippen molar-refractivity contribution in [2.45, 2.75) is 38.1 Å². The number of carbonyl (C=O) groups excluding carboxylic acids is 1. The van der Waals surface area contributed by atoms with Crippen molar-refractivity contribution in [3.63, 3.8) is 0 Å². The summed E-state index contributed by atoms with van der Waals surface area (Å²) in [5.41, 5.74) is 0.400. The molecule has 1 fully saturated rings. The Kier molecular flexibility index (Phi) is 4.02. The summed E-state index contributed by atoms with van der Waals surface area (Å²) in [5, 5.41) is 11.9. The van der Waals surface area contributed by atoms with E-state index in [0.717, 1.165) is 32.1 Å². The molecule has 1 aliphatic carbocycles. The molecule has 0 aliphatic heterocycles. The van der Waals surface area contributed by atoms with Gasteiger partial charge in [0.2, 0.25) is 0 Å². The van der Waals surface area contributed by atoms with Gasteiger partial charge in [0.15, 0.2) is 0 Å². The molecule has 5 heteroatoms. The van der Waals surface area contributed by atoms with Crippen LogP contribution in [0.2, 0.25) is 0 Å². The van der Waals surface area contributed by atoms with Crippen molar-refractivity contribution in [3.05, 3.63) is 24.0 Å². The number of aliphatic carboxylic acids is 1. The Morgan fingerprint density at radius 1 is 1.33 bits per heavy atom. The van der Waals surface area contributed by atoms with Crippen molar-refractivity contribution in [1.29, 1.82) is 0 Å². The average Bonchev–Trinajstić information content (AvgIpc) is 2.90. The maximum atomic E-state index is 11.9. The monoisotopic (exact) mass is 250 g/mol. The molecular formula is C13H18N2O3. The summed E-state index contributed by atoms with van der Waals surface area (Å²) in [6, 6.07) is 2.57. The van der Waals surface area contributed by atoms with Crippen LogP contribution in [0.3, 0.4) is 0 Å². The summed E-state index contributed by atoms with van der Waals surface area (Å²) in [6.07, 6.45) is 6.66. The van der Waals surface area contributed by atoms with Crippen molar-refractivity contribution in [2.24, 2.45) is 5.92 Å². The molecule has 0 spiro atoms. The number of carboxylic acids is 1. The molecule has 1 saturated carbocycles. The Morgan fingerprint density at radius 3 is 2.61 bits per heavy atom. The van der Waals surface area contributed by atoms with Crippen LogP contribution in [0, 0.1) is 5.92 Å². The van der Waals surface area contributed by atoms with Gasteiger partial charge >= 0.3 is 5.97 Å². The summed E-state index contributed by atoms with van der Waals surface area (Å²) < 4.78 is 0. The van der Waals surface area contributed by atoms with Crippen molar-refractivity contribution in [3.8, 4) is 0 Å². The molecule has 0 bridgehead atoms. The Bertz CT molecular complexity index is 408. The smallest absolute Gasteiger partial charge is 0.326 e. The first kappa shape index (κ1) is 12.7. The summed E-state index contributed by atoms with van der Waals surface area (Å²) in [4.78, 5) is 25.9. The predicted molar refractivity (Wildman–Crippen MR) is 66.3 cm³/mol. The number of aromatic nitrogens is 1. The lowest BCUT2D eigenvalue weighted by molar-refractivity contribution is -0.141. The molecular weight excluding hydrogens is 232 g/mol. The molecule has 1 aliphatic rings. The van der Waals surface area contributed by atoms with E-state index in [2.05, 4.69) is 10.3 Å². The fraction of sp³-hybridized carbons (Fsp3) is 0.538. The van der Waals surface area contributed by atoms with E-state index in [4.69, 9.17) is 0 Å². The SMILES string of the molecule is O=C(NC(C(=O)O)C1CCCCC1)c1ccc[nH]1. The topological polar surface area (TPSA) is 82.2 Å². The fourth-order valence-corrected chi connectivity index (χ4v) is 2.54. The van der Waals surface area contributed by atoms with E-state index in [9.17, 15) is 14.7 Å². The van der Waals surface area contributed by atoms with Crippen molar-refractivity contribution < 1.29 is 14.7 Å². The second-order valence-electron chi connectivity index (χ2n) is 4.77. The van der Waals surface area contributed by atoms with E-state index in [0.29, 0.717) is 5.69 Å². The van der Waals surface area contributed by atoms with Gasteiger partial charge in [-0.15, -0.1) is 0 Å². The van der Waals surface area contributed by atoms with Crippen LogP contribution in [0.4, 0.5) is 0 Å². The molecule has 0 saturated heterocycles. The number of aromatic amines is 1. The minimum atomic E-state index is -0.943. The quantitative estimate of drug-likeness (QED) is 0.761. The van der Waals surface area contributed by atoms with Gasteiger partial charge < -0.3 is 15.4 Å². The number of carbonyl (C=O) groups is 2. The number of nitrogens with one attached hydrogen (secondary N) is 2. The van der Waals surface area contributed by atoms with Gasteiger partial charge in [-0.1, -0.05) is 19.3 Å². The third kappa shape index (κ3) is 2.91. The van der Waals surface area contributed by atoms with Crippen LogP contribution in [0.25, 0.3) is 0 Å². The van der Waals surface area contributed by atoms with Crippen LogP contribution in [-0.2, 0) is 4.79 Å². The van der Waals surface area contributed by atoms with Gasteiger partial charge in [0.05, 0.1) is 0 Å². The molecule has 1 unspecified atom stereocenters. The highest BCUT2D eigenvalue weighted by Gasteiger charge is 2.30. The Balaban J connectivity index is 2.02. The number of carboxylic acid groups (broad SMARTS) is 1. The molecule has 1 heterocycles. The molecule has 0 radical (unpaired) electrons. The minimum Gasteiger partial charge on any atom is -0.480 e. The molecule has 3 N–H and O–H groups in total. The van der Waals surface area contributed by atoms with E-state index in [-0.39, 0.29) is 11.8 Å². The highest BCUT2D eigenvalue weighted by Crippen LogP contribution is 2.26. The number of rotatable bonds is 4. The lowest BCUT2D eigenvalue weighted by Gasteiger charge is -2.27. The Labute approximate surface area is 106 Å². The van der Waals surface area contributed by atoms with Crippen LogP contribution in [0.5, 0.6) is 0 Å². The molecule has 1 aromatic heterocycles. The lowest BCUT2D eigenvalue weighted by atomic mass is 9.84. The van der Waals surface area contributed by atoms with Crippen molar-refractivity contribution in [1.82, 2.24) is 10.3 Å². The fourth-order valence-electron chi connectivity index (χ4n) is 2.54. The van der Waals surface area contributed by atoms with Crippen LogP contribution in [0.1, 0.15) is 42.6 Å². The maximum absolute atomic E-state index is 11.9. The van der Waals surface area contributed by atoms with Gasteiger partial charge in [0.25, 0.3) is 5.91 Å². The van der Waals surface area contributed by atoms with E-state index in [1.165, 1.54) is 0 Å². The van der Waals surface area contributed by atoms with Gasteiger partial charge in [-0.25, -0.2) is 4.79 Å². The van der Waals surface area contributed by atoms with Crippen molar-refractivity contribution in [2.75, 3.05) is 0 Å². The average molecular weight is 250 g/mol. The summed E-state index contributed by atoms with van der Waals surface area (Å²) in [5.74, 6) is -1.24. The Hall–Kier alpha value is -1.78. The summed E-state index contributed by atoms with van der Waals surface area (Å²) in [6.45, 7) is 0. The molecule has 18 heavy (non-hydrogen) atoms. The zero-order valence-corrected chi connectivity index (χ0v) is 10.2. The number of amides is 1. The molecule has 2 rings (SSSR count). The second-order valence-corrected chi connectivity index (χ2v) is 4.77. The molecule has 5 nitrogen and oxygen atoms in total. The summed E-state index contributed by atoms with van der Waals surface area (Å²) >= 11 is 0. The minimum absolute atomic E-state index is 0.0511. The third-order valence-corrected chi connectivity index (χ3v) is 3.52. The van der Waals surface area contributed by atoms with Crippen LogP contribution < -0.4 is 5.32 Å². The normalized spacial score (nSPS) is 18.2. The first-order valence-electron chi connectivity index (χ1n) is 6.35. The van der Waals surface area contributed by atoms with E-state index < -0.39 is 12.0 Å². The highest BCUT2D eigenvalue weighted by molar-refractivity contribution is 5.95. The third-order valence-electron chi connectivity index (χ3n) is 3.52. The van der Waals surface area contributed by atoms with Crippen LogP contribution >= 0.6 is 0 Å². The molecule has 1 aromatic rings. The van der Waals surface area contributed by atoms with Crippen molar-refractivity contribution >= 4 is 11.9 Å². The molecule has 1 amide bonds. The van der Waals surface area contributed by atoms with Crippen LogP contribution in [0.15, 0.2) is 18.3 Å². The first-order chi connectivity index (χ1) is 8.68.